The highest BCUT2D eigenvalue weighted by Crippen LogP contribution is 2.31. The first kappa shape index (κ1) is 18.9. The van der Waals surface area contributed by atoms with Gasteiger partial charge in [-0.3, -0.25) is 9.80 Å². The molecule has 6 nitrogen and oxygen atoms in total. The van der Waals surface area contributed by atoms with Crippen LogP contribution in [-0.2, 0) is 10.9 Å². The van der Waals surface area contributed by atoms with Gasteiger partial charge in [-0.1, -0.05) is 6.07 Å². The highest BCUT2D eigenvalue weighted by atomic mass is 19.4. The van der Waals surface area contributed by atoms with E-state index in [9.17, 15) is 18.0 Å². The van der Waals surface area contributed by atoms with Gasteiger partial charge in [0.15, 0.2) is 0 Å². The lowest BCUT2D eigenvalue weighted by atomic mass is 9.93. The van der Waals surface area contributed by atoms with Crippen LogP contribution in [0.25, 0.3) is 0 Å². The number of aromatic nitrogens is 1. The second-order valence-corrected chi connectivity index (χ2v) is 6.48. The number of methoxy groups -OCH3 is 1. The van der Waals surface area contributed by atoms with E-state index < -0.39 is 17.8 Å². The van der Waals surface area contributed by atoms with Crippen LogP contribution in [0, 0.1) is 5.92 Å². The number of alkyl halides is 3. The molecule has 0 radical (unpaired) electrons. The van der Waals surface area contributed by atoms with Crippen LogP contribution in [0.1, 0.15) is 30.0 Å². The highest BCUT2D eigenvalue weighted by Gasteiger charge is 2.35. The van der Waals surface area contributed by atoms with E-state index in [0.29, 0.717) is 11.5 Å². The molecule has 1 aromatic rings. The maximum absolute atomic E-state index is 12.8. The average molecular weight is 380 g/mol. The second kappa shape index (κ2) is 7.05. The first-order chi connectivity index (χ1) is 12.7. The Morgan fingerprint density at radius 1 is 1.30 bits per heavy atom. The van der Waals surface area contributed by atoms with Crippen LogP contribution >= 0.6 is 0 Å². The molecule has 2 unspecified atom stereocenters. The molecule has 1 N–H and O–H groups in total. The number of rotatable bonds is 4. The quantitative estimate of drug-likeness (QED) is 0.872. The van der Waals surface area contributed by atoms with Crippen LogP contribution in [0.5, 0.6) is 0 Å². The van der Waals surface area contributed by atoms with Gasteiger partial charge in [0, 0.05) is 18.2 Å². The third kappa shape index (κ3) is 3.81. The van der Waals surface area contributed by atoms with Gasteiger partial charge in [-0.25, -0.2) is 4.98 Å². The lowest BCUT2D eigenvalue weighted by Gasteiger charge is -2.31. The van der Waals surface area contributed by atoms with Crippen LogP contribution in [0.4, 0.5) is 13.2 Å². The number of carbonyl (C=O) groups is 1. The number of fused-ring (bicyclic) bond motifs is 1. The molecule has 9 heteroatoms. The van der Waals surface area contributed by atoms with Crippen LogP contribution < -0.4 is 5.32 Å². The number of halogens is 3. The molecule has 3 rings (SSSR count). The Morgan fingerprint density at radius 3 is 2.67 bits per heavy atom. The summed E-state index contributed by atoms with van der Waals surface area (Å²) in [6.45, 7) is 4.03. The molecule has 2 heterocycles. The summed E-state index contributed by atoms with van der Waals surface area (Å²) in [6, 6.07) is 3.34. The van der Waals surface area contributed by atoms with Gasteiger partial charge in [0.2, 0.25) is 0 Å². The number of nitrogens with zero attached hydrogens (tertiary/aromatic N) is 3. The molecule has 0 saturated carbocycles. The van der Waals surface area contributed by atoms with E-state index in [1.54, 1.807) is 12.3 Å². The average Bonchev–Trinajstić information content (AvgIpc) is 3.03. The Balaban J connectivity index is 1.81. The molecule has 0 spiro atoms. The van der Waals surface area contributed by atoms with Crippen LogP contribution in [0.3, 0.4) is 0 Å². The Labute approximate surface area is 154 Å². The normalized spacial score (nSPS) is 21.7. The van der Waals surface area contributed by atoms with Crippen molar-refractivity contribution in [2.24, 2.45) is 11.0 Å². The Bertz CT molecular complexity index is 830. The Hall–Kier alpha value is -2.84. The van der Waals surface area contributed by atoms with Gasteiger partial charge in [0.25, 0.3) is 5.91 Å². The third-order valence-corrected chi connectivity index (χ3v) is 4.29. The molecular weight excluding hydrogens is 361 g/mol. The molecule has 2 atom stereocenters. The lowest BCUT2D eigenvalue weighted by molar-refractivity contribution is -0.141. The van der Waals surface area contributed by atoms with Gasteiger partial charge < -0.3 is 10.1 Å². The predicted octanol–water partition coefficient (Wildman–Crippen LogP) is 2.95. The van der Waals surface area contributed by atoms with Crippen molar-refractivity contribution in [1.82, 2.24) is 15.3 Å². The Morgan fingerprint density at radius 2 is 2.04 bits per heavy atom. The van der Waals surface area contributed by atoms with Crippen molar-refractivity contribution in [3.8, 4) is 0 Å². The van der Waals surface area contributed by atoms with Gasteiger partial charge in [0.05, 0.1) is 18.8 Å². The summed E-state index contributed by atoms with van der Waals surface area (Å²) in [6.07, 6.45) is 0.766. The number of ether oxygens (including phenoxy) is 1. The second-order valence-electron chi connectivity index (χ2n) is 6.48. The monoisotopic (exact) mass is 380 g/mol. The van der Waals surface area contributed by atoms with Crippen molar-refractivity contribution < 1.29 is 22.7 Å². The maximum atomic E-state index is 12.8. The summed E-state index contributed by atoms with van der Waals surface area (Å²) in [5.74, 6) is -0.395. The van der Waals surface area contributed by atoms with Crippen LogP contribution in [0.2, 0.25) is 0 Å². The fourth-order valence-electron chi connectivity index (χ4n) is 3.01. The molecule has 1 aliphatic carbocycles. The zero-order valence-corrected chi connectivity index (χ0v) is 15.0. The largest absolute Gasteiger partial charge is 0.495 e. The van der Waals surface area contributed by atoms with Crippen molar-refractivity contribution in [1.29, 1.82) is 0 Å². The standard InChI is InChI=1S/C18H19F3N4O2/c1-10(2)25-14-8-15(27-3)13(7-11(14)9-22-25)24-17(26)12-5-4-6-16(23-12)18(19,20)21/h4-11,14H,1-3H3,(H,24,26). The molecule has 144 valence electrons. The number of pyridine rings is 1. The van der Waals surface area contributed by atoms with Crippen molar-refractivity contribution >= 4 is 12.1 Å². The molecule has 0 saturated heterocycles. The molecule has 1 aliphatic heterocycles. The summed E-state index contributed by atoms with van der Waals surface area (Å²) in [5.41, 5.74) is -1.07. The van der Waals surface area contributed by atoms with E-state index in [0.717, 1.165) is 12.1 Å². The SMILES string of the molecule is COC1=CC2C(C=NN2C(C)C)C=C1NC(=O)c1cccc(C(F)(F)F)n1. The van der Waals surface area contributed by atoms with Crippen molar-refractivity contribution in [3.05, 3.63) is 53.2 Å². The van der Waals surface area contributed by atoms with Crippen LogP contribution in [0.15, 0.2) is 46.9 Å². The van der Waals surface area contributed by atoms with E-state index in [2.05, 4.69) is 15.4 Å². The Kier molecular flexibility index (Phi) is 4.95. The highest BCUT2D eigenvalue weighted by molar-refractivity contribution is 5.94. The van der Waals surface area contributed by atoms with Crippen molar-refractivity contribution in [2.75, 3.05) is 7.11 Å². The van der Waals surface area contributed by atoms with Gasteiger partial charge >= 0.3 is 6.18 Å². The molecule has 0 aromatic carbocycles. The number of hydrogen-bond acceptors (Lipinski definition) is 5. The minimum Gasteiger partial charge on any atom is -0.495 e. The van der Waals surface area contributed by atoms with E-state index in [1.165, 1.54) is 13.2 Å². The van der Waals surface area contributed by atoms with Gasteiger partial charge in [-0.05, 0) is 38.1 Å². The summed E-state index contributed by atoms with van der Waals surface area (Å²) >= 11 is 0. The van der Waals surface area contributed by atoms with E-state index in [-0.39, 0.29) is 23.7 Å². The maximum Gasteiger partial charge on any atom is 0.433 e. The number of carbonyl (C=O) groups excluding carboxylic acids is 1. The van der Waals surface area contributed by atoms with Crippen molar-refractivity contribution in [2.45, 2.75) is 32.1 Å². The smallest absolute Gasteiger partial charge is 0.433 e. The predicted molar refractivity (Wildman–Crippen MR) is 92.6 cm³/mol. The lowest BCUT2D eigenvalue weighted by Crippen LogP contribution is -2.38. The number of hydrogen-bond donors (Lipinski definition) is 1. The molecule has 27 heavy (non-hydrogen) atoms. The summed E-state index contributed by atoms with van der Waals surface area (Å²) < 4.78 is 43.8. The fraction of sp³-hybridized carbons (Fsp3) is 0.389. The van der Waals surface area contributed by atoms with E-state index in [4.69, 9.17) is 4.74 Å². The molecular formula is C18H19F3N4O2. The molecule has 0 bridgehead atoms. The number of nitrogens with one attached hydrogen (secondary N) is 1. The summed E-state index contributed by atoms with van der Waals surface area (Å²) in [7, 11) is 1.46. The summed E-state index contributed by atoms with van der Waals surface area (Å²) in [4.78, 5) is 15.8. The molecule has 1 aromatic heterocycles. The molecule has 2 aliphatic rings. The number of hydrazone groups is 1. The van der Waals surface area contributed by atoms with Gasteiger partial charge in [-0.2, -0.15) is 18.3 Å². The summed E-state index contributed by atoms with van der Waals surface area (Å²) in [5, 5.41) is 8.89. The molecule has 1 amide bonds. The topological polar surface area (TPSA) is 66.8 Å². The van der Waals surface area contributed by atoms with Gasteiger partial charge in [0.1, 0.15) is 17.1 Å². The minimum absolute atomic E-state index is 0.0349. The van der Waals surface area contributed by atoms with Gasteiger partial charge in [-0.15, -0.1) is 0 Å². The first-order valence-corrected chi connectivity index (χ1v) is 8.36. The fourth-order valence-corrected chi connectivity index (χ4v) is 3.01. The van der Waals surface area contributed by atoms with Crippen LogP contribution in [-0.4, -0.2) is 41.3 Å². The van der Waals surface area contributed by atoms with E-state index >= 15 is 0 Å². The third-order valence-electron chi connectivity index (χ3n) is 4.29. The molecule has 0 fully saturated rings. The number of amides is 1. The van der Waals surface area contributed by atoms with Crippen molar-refractivity contribution in [3.63, 3.8) is 0 Å². The first-order valence-electron chi connectivity index (χ1n) is 8.36. The zero-order chi connectivity index (χ0) is 19.8. The van der Waals surface area contributed by atoms with E-state index in [1.807, 2.05) is 24.9 Å². The minimum atomic E-state index is -4.62. The zero-order valence-electron chi connectivity index (χ0n) is 15.0.